The minimum atomic E-state index is -0.457. The molecule has 0 saturated heterocycles. The van der Waals surface area contributed by atoms with E-state index in [0.717, 1.165) is 5.56 Å². The van der Waals surface area contributed by atoms with Gasteiger partial charge in [-0.15, -0.1) is 0 Å². The van der Waals surface area contributed by atoms with Gasteiger partial charge in [-0.2, -0.15) is 0 Å². The SMILES string of the molecule is CCOC(=O)c1cn2cc(Oc3ccc(C(=N)CC=N)cc3)ccc2n1. The van der Waals surface area contributed by atoms with E-state index in [0.29, 0.717) is 35.9 Å². The molecule has 7 nitrogen and oxygen atoms in total. The van der Waals surface area contributed by atoms with Gasteiger partial charge >= 0.3 is 5.97 Å². The molecule has 0 spiro atoms. The van der Waals surface area contributed by atoms with Gasteiger partial charge in [0.1, 0.15) is 17.1 Å². The zero-order valence-electron chi connectivity index (χ0n) is 14.2. The third-order valence-corrected chi connectivity index (χ3v) is 3.65. The summed E-state index contributed by atoms with van der Waals surface area (Å²) in [4.78, 5) is 16.0. The molecule has 3 aromatic rings. The first-order valence-electron chi connectivity index (χ1n) is 8.11. The van der Waals surface area contributed by atoms with E-state index in [-0.39, 0.29) is 5.69 Å². The summed E-state index contributed by atoms with van der Waals surface area (Å²) in [5.41, 5.74) is 2.01. The van der Waals surface area contributed by atoms with Gasteiger partial charge in [0.15, 0.2) is 5.69 Å². The number of rotatable bonds is 7. The molecule has 7 heteroatoms. The Morgan fingerprint density at radius 3 is 2.58 bits per heavy atom. The van der Waals surface area contributed by atoms with E-state index in [1.54, 1.807) is 60.1 Å². The van der Waals surface area contributed by atoms with E-state index in [2.05, 4.69) is 4.98 Å². The van der Waals surface area contributed by atoms with Crippen LogP contribution in [-0.2, 0) is 4.74 Å². The first-order valence-corrected chi connectivity index (χ1v) is 8.11. The molecule has 26 heavy (non-hydrogen) atoms. The number of imidazole rings is 1. The van der Waals surface area contributed by atoms with Crippen molar-refractivity contribution < 1.29 is 14.3 Å². The number of ether oxygens (including phenoxy) is 2. The Balaban J connectivity index is 1.77. The summed E-state index contributed by atoms with van der Waals surface area (Å²) < 4.78 is 12.5. The number of nitrogens with one attached hydrogen (secondary N) is 2. The van der Waals surface area contributed by atoms with Crippen molar-refractivity contribution in [3.05, 3.63) is 60.0 Å². The predicted octanol–water partition coefficient (Wildman–Crippen LogP) is 3.71. The molecule has 0 aliphatic heterocycles. The van der Waals surface area contributed by atoms with Crippen molar-refractivity contribution in [3.8, 4) is 11.5 Å². The van der Waals surface area contributed by atoms with Crippen LogP contribution in [0.3, 0.4) is 0 Å². The quantitative estimate of drug-likeness (QED) is 0.501. The first kappa shape index (κ1) is 17.3. The maximum absolute atomic E-state index is 11.8. The largest absolute Gasteiger partial charge is 0.461 e. The molecule has 2 aromatic heterocycles. The number of fused-ring (bicyclic) bond motifs is 1. The standard InChI is InChI=1S/C19H18N4O3/c1-2-25-19(24)17-12-23-11-15(7-8-18(23)22-17)26-14-5-3-13(4-6-14)16(21)9-10-20/h3-8,10-12,20-21H,2,9H2,1H3. The van der Waals surface area contributed by atoms with Gasteiger partial charge < -0.3 is 24.7 Å². The molecular formula is C19H18N4O3. The lowest BCUT2D eigenvalue weighted by Gasteiger charge is -2.07. The monoisotopic (exact) mass is 350 g/mol. The minimum absolute atomic E-state index is 0.248. The topological polar surface area (TPSA) is 101 Å². The van der Waals surface area contributed by atoms with Crippen LogP contribution in [0.5, 0.6) is 11.5 Å². The summed E-state index contributed by atoms with van der Waals surface area (Å²) in [6, 6.07) is 10.6. The van der Waals surface area contributed by atoms with Crippen LogP contribution in [0, 0.1) is 10.8 Å². The molecule has 0 amide bonds. The van der Waals surface area contributed by atoms with Gasteiger partial charge in [0.2, 0.25) is 0 Å². The summed E-state index contributed by atoms with van der Waals surface area (Å²) in [5.74, 6) is 0.760. The van der Waals surface area contributed by atoms with Gasteiger partial charge in [0.25, 0.3) is 0 Å². The Kier molecular flexibility index (Phi) is 5.07. The maximum atomic E-state index is 11.8. The molecule has 3 rings (SSSR count). The predicted molar refractivity (Wildman–Crippen MR) is 97.9 cm³/mol. The van der Waals surface area contributed by atoms with Crippen LogP contribution in [0.25, 0.3) is 5.65 Å². The van der Waals surface area contributed by atoms with Gasteiger partial charge in [0, 0.05) is 24.5 Å². The molecule has 0 saturated carbocycles. The normalized spacial score (nSPS) is 10.5. The highest BCUT2D eigenvalue weighted by Gasteiger charge is 2.12. The Morgan fingerprint density at radius 2 is 1.88 bits per heavy atom. The molecule has 0 bridgehead atoms. The second kappa shape index (κ2) is 7.60. The lowest BCUT2D eigenvalue weighted by molar-refractivity contribution is 0.0520. The summed E-state index contributed by atoms with van der Waals surface area (Å²) in [7, 11) is 0. The Morgan fingerprint density at radius 1 is 1.15 bits per heavy atom. The molecule has 2 N–H and O–H groups in total. The summed E-state index contributed by atoms with van der Waals surface area (Å²) in [6.45, 7) is 2.05. The number of nitrogens with zero attached hydrogens (tertiary/aromatic N) is 2. The fourth-order valence-electron chi connectivity index (χ4n) is 2.42. The summed E-state index contributed by atoms with van der Waals surface area (Å²) >= 11 is 0. The summed E-state index contributed by atoms with van der Waals surface area (Å²) in [5, 5.41) is 14.9. The van der Waals surface area contributed by atoms with Crippen LogP contribution in [-0.4, -0.2) is 33.9 Å². The van der Waals surface area contributed by atoms with Crippen molar-refractivity contribution in [3.63, 3.8) is 0 Å². The van der Waals surface area contributed by atoms with E-state index in [4.69, 9.17) is 20.3 Å². The minimum Gasteiger partial charge on any atom is -0.461 e. The number of pyridine rings is 1. The van der Waals surface area contributed by atoms with E-state index in [9.17, 15) is 4.79 Å². The molecule has 2 heterocycles. The second-order valence-electron chi connectivity index (χ2n) is 5.49. The number of benzene rings is 1. The van der Waals surface area contributed by atoms with Crippen molar-refractivity contribution >= 4 is 23.5 Å². The molecule has 1 aromatic carbocycles. The van der Waals surface area contributed by atoms with Crippen LogP contribution in [0.2, 0.25) is 0 Å². The highest BCUT2D eigenvalue weighted by molar-refractivity contribution is 6.04. The lowest BCUT2D eigenvalue weighted by Crippen LogP contribution is -2.04. The second-order valence-corrected chi connectivity index (χ2v) is 5.49. The average Bonchev–Trinajstić information content (AvgIpc) is 3.06. The first-order chi connectivity index (χ1) is 12.6. The van der Waals surface area contributed by atoms with E-state index in [1.165, 1.54) is 6.21 Å². The summed E-state index contributed by atoms with van der Waals surface area (Å²) in [6.07, 6.45) is 4.84. The fourth-order valence-corrected chi connectivity index (χ4v) is 2.42. The van der Waals surface area contributed by atoms with E-state index < -0.39 is 5.97 Å². The highest BCUT2D eigenvalue weighted by atomic mass is 16.5. The van der Waals surface area contributed by atoms with Gasteiger partial charge in [-0.25, -0.2) is 9.78 Å². The van der Waals surface area contributed by atoms with Crippen molar-refractivity contribution in [1.29, 1.82) is 10.8 Å². The zero-order chi connectivity index (χ0) is 18.5. The third kappa shape index (κ3) is 3.77. The molecule has 132 valence electrons. The molecule has 0 radical (unpaired) electrons. The number of carbonyl (C=O) groups excluding carboxylic acids is 1. The Hall–Kier alpha value is -3.48. The molecule has 0 aliphatic rings. The number of carbonyl (C=O) groups is 1. The van der Waals surface area contributed by atoms with Gasteiger partial charge in [-0.1, -0.05) is 0 Å². The van der Waals surface area contributed by atoms with Crippen molar-refractivity contribution in [2.75, 3.05) is 6.61 Å². The molecule has 0 aliphatic carbocycles. The van der Waals surface area contributed by atoms with Crippen molar-refractivity contribution in [2.45, 2.75) is 13.3 Å². The van der Waals surface area contributed by atoms with Crippen molar-refractivity contribution in [1.82, 2.24) is 9.38 Å². The fraction of sp³-hybridized carbons (Fsp3) is 0.158. The number of hydrogen-bond acceptors (Lipinski definition) is 6. The third-order valence-electron chi connectivity index (χ3n) is 3.65. The Bertz CT molecular complexity index is 961. The van der Waals surface area contributed by atoms with Gasteiger partial charge in [0.05, 0.1) is 12.8 Å². The number of hydrogen-bond donors (Lipinski definition) is 2. The molecule has 0 unspecified atom stereocenters. The van der Waals surface area contributed by atoms with E-state index >= 15 is 0 Å². The lowest BCUT2D eigenvalue weighted by atomic mass is 10.1. The van der Waals surface area contributed by atoms with Crippen LogP contribution in [0.1, 0.15) is 29.4 Å². The van der Waals surface area contributed by atoms with Gasteiger partial charge in [-0.05, 0) is 48.9 Å². The number of aromatic nitrogens is 2. The average molecular weight is 350 g/mol. The zero-order valence-corrected chi connectivity index (χ0v) is 14.2. The van der Waals surface area contributed by atoms with E-state index in [1.807, 2.05) is 0 Å². The Labute approximate surface area is 150 Å². The van der Waals surface area contributed by atoms with Crippen LogP contribution >= 0.6 is 0 Å². The van der Waals surface area contributed by atoms with Crippen molar-refractivity contribution in [2.24, 2.45) is 0 Å². The van der Waals surface area contributed by atoms with Crippen LogP contribution < -0.4 is 4.74 Å². The van der Waals surface area contributed by atoms with Crippen LogP contribution in [0.15, 0.2) is 48.8 Å². The van der Waals surface area contributed by atoms with Gasteiger partial charge in [-0.3, -0.25) is 0 Å². The maximum Gasteiger partial charge on any atom is 0.358 e. The molecular weight excluding hydrogens is 332 g/mol. The number of esters is 1. The molecule has 0 atom stereocenters. The molecule has 0 fully saturated rings. The smallest absolute Gasteiger partial charge is 0.358 e. The van der Waals surface area contributed by atoms with Crippen LogP contribution in [0.4, 0.5) is 0 Å². The highest BCUT2D eigenvalue weighted by Crippen LogP contribution is 2.23.